The van der Waals surface area contributed by atoms with Crippen LogP contribution in [0.4, 0.5) is 0 Å². The lowest BCUT2D eigenvalue weighted by molar-refractivity contribution is 0.0596. The van der Waals surface area contributed by atoms with Crippen LogP contribution in [0.5, 0.6) is 0 Å². The molecule has 1 aliphatic rings. The molecule has 1 fully saturated rings. The van der Waals surface area contributed by atoms with Crippen LogP contribution in [0.25, 0.3) is 0 Å². The van der Waals surface area contributed by atoms with E-state index in [0.717, 1.165) is 16.1 Å². The number of aliphatic hydroxyl groups is 1. The van der Waals surface area contributed by atoms with Gasteiger partial charge < -0.3 is 5.11 Å². The largest absolute Gasteiger partial charge is 0.384 e. The lowest BCUT2D eigenvalue weighted by Crippen LogP contribution is -2.24. The van der Waals surface area contributed by atoms with Gasteiger partial charge >= 0.3 is 0 Å². The van der Waals surface area contributed by atoms with Crippen molar-refractivity contribution in [3.8, 4) is 0 Å². The van der Waals surface area contributed by atoms with Crippen LogP contribution >= 0.6 is 11.3 Å². The Morgan fingerprint density at radius 1 is 1.40 bits per heavy atom. The maximum atomic E-state index is 10.7. The monoisotopic (exact) mass is 290 g/mol. The number of aryl methyl sites for hydroxylation is 1. The van der Waals surface area contributed by atoms with Crippen molar-refractivity contribution in [1.29, 1.82) is 0 Å². The summed E-state index contributed by atoms with van der Waals surface area (Å²) in [4.78, 5) is 1.05. The zero-order chi connectivity index (χ0) is 14.2. The molecule has 1 saturated carbocycles. The molecule has 1 N–H and O–H groups in total. The van der Waals surface area contributed by atoms with Crippen LogP contribution in [0, 0.1) is 6.92 Å². The predicted molar refractivity (Wildman–Crippen MR) is 82.1 cm³/mol. The molecule has 0 aromatic carbocycles. The fraction of sp³-hybridized carbons (Fsp3) is 0.562. The Kier molecular flexibility index (Phi) is 3.69. The molecule has 3 rings (SSSR count). The van der Waals surface area contributed by atoms with E-state index in [1.165, 1.54) is 25.7 Å². The van der Waals surface area contributed by atoms with E-state index in [2.05, 4.69) is 35.0 Å². The molecule has 0 spiro atoms. The van der Waals surface area contributed by atoms with Gasteiger partial charge in [-0.05, 0) is 49.8 Å². The standard InChI is InChI=1S/C16H22N2OS/c1-12-8-10-20-15(12)16(2,19)11-13-7-9-18(17-13)14-5-3-4-6-14/h7-10,14,19H,3-6,11H2,1-2H3. The molecule has 20 heavy (non-hydrogen) atoms. The van der Waals surface area contributed by atoms with Gasteiger partial charge in [0.15, 0.2) is 0 Å². The molecule has 3 nitrogen and oxygen atoms in total. The van der Waals surface area contributed by atoms with Gasteiger partial charge in [-0.1, -0.05) is 12.8 Å². The first-order chi connectivity index (χ1) is 9.56. The summed E-state index contributed by atoms with van der Waals surface area (Å²) in [6, 6.07) is 4.68. The Balaban J connectivity index is 1.75. The van der Waals surface area contributed by atoms with Gasteiger partial charge in [0.2, 0.25) is 0 Å². The average molecular weight is 290 g/mol. The molecule has 0 saturated heterocycles. The van der Waals surface area contributed by atoms with E-state index >= 15 is 0 Å². The van der Waals surface area contributed by atoms with E-state index in [-0.39, 0.29) is 0 Å². The van der Waals surface area contributed by atoms with Crippen molar-refractivity contribution in [2.75, 3.05) is 0 Å². The first-order valence-corrected chi connectivity index (χ1v) is 8.25. The fourth-order valence-corrected chi connectivity index (χ4v) is 4.19. The minimum Gasteiger partial charge on any atom is -0.384 e. The lowest BCUT2D eigenvalue weighted by Gasteiger charge is -2.22. The van der Waals surface area contributed by atoms with Crippen molar-refractivity contribution in [2.45, 2.75) is 57.6 Å². The van der Waals surface area contributed by atoms with E-state index in [1.54, 1.807) is 11.3 Å². The van der Waals surface area contributed by atoms with Gasteiger partial charge in [-0.15, -0.1) is 11.3 Å². The molecule has 1 aliphatic carbocycles. The zero-order valence-corrected chi connectivity index (χ0v) is 13.0. The van der Waals surface area contributed by atoms with Crippen LogP contribution in [0.2, 0.25) is 0 Å². The quantitative estimate of drug-likeness (QED) is 0.929. The van der Waals surface area contributed by atoms with Crippen LogP contribution in [0.1, 0.15) is 54.8 Å². The maximum absolute atomic E-state index is 10.7. The summed E-state index contributed by atoms with van der Waals surface area (Å²) in [5.74, 6) is 0. The van der Waals surface area contributed by atoms with Crippen molar-refractivity contribution in [2.24, 2.45) is 0 Å². The van der Waals surface area contributed by atoms with Crippen LogP contribution in [0.3, 0.4) is 0 Å². The Hall–Kier alpha value is -1.13. The topological polar surface area (TPSA) is 38.0 Å². The molecule has 0 aliphatic heterocycles. The highest BCUT2D eigenvalue weighted by atomic mass is 32.1. The molecule has 108 valence electrons. The SMILES string of the molecule is Cc1ccsc1C(C)(O)Cc1ccn(C2CCCC2)n1. The van der Waals surface area contributed by atoms with E-state index in [1.807, 2.05) is 12.3 Å². The molecule has 2 aromatic rings. The van der Waals surface area contributed by atoms with Crippen molar-refractivity contribution in [3.05, 3.63) is 39.8 Å². The Labute approximate surface area is 124 Å². The molecule has 0 amide bonds. The van der Waals surface area contributed by atoms with Crippen molar-refractivity contribution in [3.63, 3.8) is 0 Å². The fourth-order valence-electron chi connectivity index (χ4n) is 3.20. The van der Waals surface area contributed by atoms with Crippen molar-refractivity contribution < 1.29 is 5.11 Å². The third kappa shape index (κ3) is 2.67. The summed E-state index contributed by atoms with van der Waals surface area (Å²) in [7, 11) is 0. The van der Waals surface area contributed by atoms with Gasteiger partial charge in [0, 0.05) is 17.5 Å². The van der Waals surface area contributed by atoms with Crippen molar-refractivity contribution in [1.82, 2.24) is 9.78 Å². The number of aromatic nitrogens is 2. The number of rotatable bonds is 4. The van der Waals surface area contributed by atoms with Gasteiger partial charge in [-0.3, -0.25) is 4.68 Å². The molecule has 1 unspecified atom stereocenters. The minimum absolute atomic E-state index is 0.567. The van der Waals surface area contributed by atoms with E-state index < -0.39 is 5.60 Å². The van der Waals surface area contributed by atoms with Gasteiger partial charge in [0.25, 0.3) is 0 Å². The second-order valence-corrected chi connectivity index (χ2v) is 7.02. The molecule has 4 heteroatoms. The molecule has 1 atom stereocenters. The summed E-state index contributed by atoms with van der Waals surface area (Å²) >= 11 is 1.62. The lowest BCUT2D eigenvalue weighted by atomic mass is 9.96. The van der Waals surface area contributed by atoms with E-state index in [4.69, 9.17) is 0 Å². The van der Waals surface area contributed by atoms with Crippen LogP contribution < -0.4 is 0 Å². The molecule has 2 aromatic heterocycles. The first kappa shape index (κ1) is 13.8. The second-order valence-electron chi connectivity index (χ2n) is 6.11. The minimum atomic E-state index is -0.826. The highest BCUT2D eigenvalue weighted by Crippen LogP contribution is 2.33. The molecular formula is C16H22N2OS. The smallest absolute Gasteiger partial charge is 0.102 e. The Bertz CT molecular complexity index is 579. The van der Waals surface area contributed by atoms with Gasteiger partial charge in [-0.2, -0.15) is 5.10 Å². The summed E-state index contributed by atoms with van der Waals surface area (Å²) in [5.41, 5.74) is 1.32. The molecular weight excluding hydrogens is 268 g/mol. The Morgan fingerprint density at radius 2 is 2.15 bits per heavy atom. The zero-order valence-electron chi connectivity index (χ0n) is 12.2. The van der Waals surface area contributed by atoms with Crippen molar-refractivity contribution >= 4 is 11.3 Å². The third-order valence-electron chi connectivity index (χ3n) is 4.24. The summed E-state index contributed by atoms with van der Waals surface area (Å²) in [5, 5.41) is 17.5. The normalized spacial score (nSPS) is 19.4. The number of thiophene rings is 1. The predicted octanol–water partition coefficient (Wildman–Crippen LogP) is 3.82. The van der Waals surface area contributed by atoms with Crippen LogP contribution in [0.15, 0.2) is 23.7 Å². The van der Waals surface area contributed by atoms with Crippen LogP contribution in [-0.4, -0.2) is 14.9 Å². The highest BCUT2D eigenvalue weighted by molar-refractivity contribution is 7.10. The third-order valence-corrected chi connectivity index (χ3v) is 5.51. The number of nitrogens with zero attached hydrogens (tertiary/aromatic N) is 2. The van der Waals surface area contributed by atoms with Gasteiger partial charge in [-0.25, -0.2) is 0 Å². The molecule has 0 bridgehead atoms. The maximum Gasteiger partial charge on any atom is 0.102 e. The van der Waals surface area contributed by atoms with E-state index in [0.29, 0.717) is 12.5 Å². The van der Waals surface area contributed by atoms with E-state index in [9.17, 15) is 5.11 Å². The Morgan fingerprint density at radius 3 is 2.80 bits per heavy atom. The van der Waals surface area contributed by atoms with Gasteiger partial charge in [0.1, 0.15) is 5.60 Å². The molecule has 0 radical (unpaired) electrons. The highest BCUT2D eigenvalue weighted by Gasteiger charge is 2.28. The molecule has 2 heterocycles. The number of hydrogen-bond acceptors (Lipinski definition) is 3. The summed E-state index contributed by atoms with van der Waals surface area (Å²) < 4.78 is 2.10. The second kappa shape index (κ2) is 5.34. The summed E-state index contributed by atoms with van der Waals surface area (Å²) in [6.45, 7) is 3.94. The van der Waals surface area contributed by atoms with Gasteiger partial charge in [0.05, 0.1) is 11.7 Å². The first-order valence-electron chi connectivity index (χ1n) is 7.37. The summed E-state index contributed by atoms with van der Waals surface area (Å²) in [6.07, 6.45) is 7.75. The van der Waals surface area contributed by atoms with Crippen LogP contribution in [-0.2, 0) is 12.0 Å². The average Bonchev–Trinajstić information content (AvgIpc) is 3.06. The number of hydrogen-bond donors (Lipinski definition) is 1.